The van der Waals surface area contributed by atoms with Crippen molar-refractivity contribution in [2.24, 2.45) is 19.1 Å². The SMILES string of the molecule is CC[C@@H]1CSC2=N[C@@H](c3ccccn3)[C@H](c3ccc4c(c3)n(C)c(=O)n4C)N21. The number of hydrogen-bond acceptors (Lipinski definition) is 5. The van der Waals surface area contributed by atoms with Crippen LogP contribution in [-0.2, 0) is 14.1 Å². The maximum Gasteiger partial charge on any atom is 0.328 e. The molecule has 1 fully saturated rings. The molecule has 7 heteroatoms. The Kier molecular flexibility index (Phi) is 4.08. The molecule has 144 valence electrons. The lowest BCUT2D eigenvalue weighted by atomic mass is 9.95. The molecule has 0 unspecified atom stereocenters. The summed E-state index contributed by atoms with van der Waals surface area (Å²) in [5.74, 6) is 1.08. The Bertz CT molecular complexity index is 1130. The van der Waals surface area contributed by atoms with E-state index in [2.05, 4.69) is 41.1 Å². The zero-order valence-electron chi connectivity index (χ0n) is 16.2. The molecule has 2 aliphatic heterocycles. The number of benzene rings is 1. The van der Waals surface area contributed by atoms with Crippen LogP contribution in [0.25, 0.3) is 11.0 Å². The minimum absolute atomic E-state index is 0.0000465. The molecule has 3 aromatic rings. The number of aromatic nitrogens is 3. The maximum absolute atomic E-state index is 12.4. The molecule has 2 aromatic heterocycles. The molecule has 2 aliphatic rings. The summed E-state index contributed by atoms with van der Waals surface area (Å²) in [5.41, 5.74) is 4.08. The van der Waals surface area contributed by atoms with Crippen LogP contribution < -0.4 is 5.69 Å². The Morgan fingerprint density at radius 1 is 1.14 bits per heavy atom. The molecule has 1 aromatic carbocycles. The molecule has 28 heavy (non-hydrogen) atoms. The van der Waals surface area contributed by atoms with Crippen molar-refractivity contribution in [3.63, 3.8) is 0 Å². The molecule has 0 spiro atoms. The van der Waals surface area contributed by atoms with Gasteiger partial charge in [0, 0.05) is 32.1 Å². The second kappa shape index (κ2) is 6.51. The number of rotatable bonds is 3. The fourth-order valence-electron chi connectivity index (χ4n) is 4.42. The van der Waals surface area contributed by atoms with Gasteiger partial charge in [0.25, 0.3) is 0 Å². The van der Waals surface area contributed by atoms with Crippen LogP contribution in [0.15, 0.2) is 52.4 Å². The normalized spacial score (nSPS) is 24.0. The molecule has 5 rings (SSSR count). The molecular weight excluding hydrogens is 370 g/mol. The number of aryl methyl sites for hydroxylation is 2. The summed E-state index contributed by atoms with van der Waals surface area (Å²) in [6.45, 7) is 2.24. The van der Waals surface area contributed by atoms with Gasteiger partial charge in [0.2, 0.25) is 0 Å². The van der Waals surface area contributed by atoms with Crippen LogP contribution in [0, 0.1) is 0 Å². The summed E-state index contributed by atoms with van der Waals surface area (Å²) in [4.78, 5) is 24.5. The first kappa shape index (κ1) is 17.6. The first-order chi connectivity index (χ1) is 13.6. The van der Waals surface area contributed by atoms with Gasteiger partial charge in [0.1, 0.15) is 6.04 Å². The number of hydrogen-bond donors (Lipinski definition) is 0. The number of nitrogens with zero attached hydrogens (tertiary/aromatic N) is 5. The molecule has 3 atom stereocenters. The maximum atomic E-state index is 12.4. The van der Waals surface area contributed by atoms with E-state index in [1.165, 1.54) is 5.56 Å². The highest BCUT2D eigenvalue weighted by atomic mass is 32.2. The van der Waals surface area contributed by atoms with Crippen LogP contribution in [0.4, 0.5) is 0 Å². The highest BCUT2D eigenvalue weighted by Crippen LogP contribution is 2.48. The number of aliphatic imine (C=N–C) groups is 1. The van der Waals surface area contributed by atoms with Crippen LogP contribution in [0.5, 0.6) is 0 Å². The number of pyridine rings is 1. The predicted molar refractivity (Wildman–Crippen MR) is 114 cm³/mol. The Morgan fingerprint density at radius 3 is 2.71 bits per heavy atom. The van der Waals surface area contributed by atoms with Gasteiger partial charge in [-0.05, 0) is 36.2 Å². The van der Waals surface area contributed by atoms with E-state index in [9.17, 15) is 4.79 Å². The zero-order valence-corrected chi connectivity index (χ0v) is 17.1. The average molecular weight is 394 g/mol. The molecule has 0 radical (unpaired) electrons. The molecule has 6 nitrogen and oxygen atoms in total. The first-order valence-electron chi connectivity index (χ1n) is 9.65. The van der Waals surface area contributed by atoms with Gasteiger partial charge in [-0.1, -0.05) is 30.8 Å². The largest absolute Gasteiger partial charge is 0.338 e. The highest BCUT2D eigenvalue weighted by molar-refractivity contribution is 8.14. The minimum atomic E-state index is -0.0313. The summed E-state index contributed by atoms with van der Waals surface area (Å²) >= 11 is 1.84. The van der Waals surface area contributed by atoms with Gasteiger partial charge in [-0.2, -0.15) is 0 Å². The van der Waals surface area contributed by atoms with Gasteiger partial charge >= 0.3 is 5.69 Å². The molecule has 0 amide bonds. The van der Waals surface area contributed by atoms with Crippen LogP contribution in [0.1, 0.15) is 36.7 Å². The highest BCUT2D eigenvalue weighted by Gasteiger charge is 2.45. The Morgan fingerprint density at radius 2 is 1.96 bits per heavy atom. The molecule has 0 N–H and O–H groups in total. The number of amidine groups is 1. The van der Waals surface area contributed by atoms with Gasteiger partial charge in [0.05, 0.1) is 22.8 Å². The van der Waals surface area contributed by atoms with Gasteiger partial charge in [-0.15, -0.1) is 0 Å². The van der Waals surface area contributed by atoms with Crippen molar-refractivity contribution >= 4 is 28.0 Å². The molecule has 1 saturated heterocycles. The van der Waals surface area contributed by atoms with E-state index in [-0.39, 0.29) is 17.8 Å². The van der Waals surface area contributed by atoms with Crippen molar-refractivity contribution in [2.75, 3.05) is 5.75 Å². The first-order valence-corrected chi connectivity index (χ1v) is 10.6. The second-order valence-electron chi connectivity index (χ2n) is 7.49. The van der Waals surface area contributed by atoms with Crippen LogP contribution >= 0.6 is 11.8 Å². The van der Waals surface area contributed by atoms with Crippen LogP contribution in [-0.4, -0.2) is 36.0 Å². The molecular formula is C21H23N5OS. The van der Waals surface area contributed by atoms with Gasteiger partial charge in [-0.25, -0.2) is 4.79 Å². The van der Waals surface area contributed by atoms with E-state index in [4.69, 9.17) is 4.99 Å². The van der Waals surface area contributed by atoms with E-state index < -0.39 is 0 Å². The standard InChI is InChI=1S/C21H23N5OS/c1-4-14-12-28-20-23-18(15-7-5-6-10-22-15)19(26(14)20)13-8-9-16-17(11-13)25(3)21(27)24(16)2/h5-11,14,18-19H,4,12H2,1-3H3/t14-,18+,19+/m1/s1. The number of thioether (sulfide) groups is 1. The van der Waals surface area contributed by atoms with E-state index in [0.29, 0.717) is 6.04 Å². The fraction of sp³-hybridized carbons (Fsp3) is 0.381. The molecule has 0 saturated carbocycles. The number of imidazole rings is 1. The monoisotopic (exact) mass is 393 g/mol. The van der Waals surface area contributed by atoms with Crippen molar-refractivity contribution in [3.8, 4) is 0 Å². The molecule has 4 heterocycles. The minimum Gasteiger partial charge on any atom is -0.338 e. The summed E-state index contributed by atoms with van der Waals surface area (Å²) in [6.07, 6.45) is 2.92. The second-order valence-corrected chi connectivity index (χ2v) is 8.47. The van der Waals surface area contributed by atoms with Gasteiger partial charge in [0.15, 0.2) is 5.17 Å². The Hall–Kier alpha value is -2.54. The summed E-state index contributed by atoms with van der Waals surface area (Å²) in [6, 6.07) is 12.9. The van der Waals surface area contributed by atoms with E-state index >= 15 is 0 Å². The lowest BCUT2D eigenvalue weighted by Gasteiger charge is -2.32. The summed E-state index contributed by atoms with van der Waals surface area (Å²) in [7, 11) is 3.66. The Balaban J connectivity index is 1.67. The Labute approximate surface area is 167 Å². The lowest BCUT2D eigenvalue weighted by Crippen LogP contribution is -2.35. The van der Waals surface area contributed by atoms with Crippen molar-refractivity contribution in [2.45, 2.75) is 31.5 Å². The van der Waals surface area contributed by atoms with Crippen molar-refractivity contribution in [3.05, 3.63) is 64.3 Å². The van der Waals surface area contributed by atoms with E-state index in [0.717, 1.165) is 34.1 Å². The molecule has 0 aliphatic carbocycles. The van der Waals surface area contributed by atoms with Crippen LogP contribution in [0.3, 0.4) is 0 Å². The topological polar surface area (TPSA) is 55.4 Å². The van der Waals surface area contributed by atoms with E-state index in [1.807, 2.05) is 44.2 Å². The van der Waals surface area contributed by atoms with Crippen molar-refractivity contribution < 1.29 is 0 Å². The predicted octanol–water partition coefficient (Wildman–Crippen LogP) is 3.25. The zero-order chi connectivity index (χ0) is 19.4. The summed E-state index contributed by atoms with van der Waals surface area (Å²) < 4.78 is 3.42. The van der Waals surface area contributed by atoms with Crippen LogP contribution in [0.2, 0.25) is 0 Å². The fourth-order valence-corrected chi connectivity index (χ4v) is 5.76. The van der Waals surface area contributed by atoms with Crippen molar-refractivity contribution in [1.29, 1.82) is 0 Å². The quantitative estimate of drug-likeness (QED) is 0.685. The third-order valence-electron chi connectivity index (χ3n) is 5.97. The smallest absolute Gasteiger partial charge is 0.328 e. The molecule has 0 bridgehead atoms. The van der Waals surface area contributed by atoms with E-state index in [1.54, 1.807) is 9.13 Å². The third kappa shape index (κ3) is 2.45. The third-order valence-corrected chi connectivity index (χ3v) is 7.09. The summed E-state index contributed by atoms with van der Waals surface area (Å²) in [5, 5.41) is 1.12. The average Bonchev–Trinajstić information content (AvgIpc) is 3.36. The van der Waals surface area contributed by atoms with Gasteiger partial charge < -0.3 is 4.90 Å². The van der Waals surface area contributed by atoms with Gasteiger partial charge in [-0.3, -0.25) is 19.1 Å². The van der Waals surface area contributed by atoms with Crippen molar-refractivity contribution in [1.82, 2.24) is 19.0 Å². The number of fused-ring (bicyclic) bond motifs is 2. The lowest BCUT2D eigenvalue weighted by molar-refractivity contribution is 0.255.